The summed E-state index contributed by atoms with van der Waals surface area (Å²) in [4.78, 5) is 10.6. The maximum Gasteiger partial charge on any atom is 0.293 e. The first kappa shape index (κ1) is 15.2. The lowest BCUT2D eigenvalue weighted by molar-refractivity contribution is -0.384. The van der Waals surface area contributed by atoms with Crippen LogP contribution in [0, 0.1) is 27.8 Å². The van der Waals surface area contributed by atoms with Crippen LogP contribution in [-0.2, 0) is 0 Å². The number of hydrogen-bond donors (Lipinski definition) is 1. The Hall–Kier alpha value is -1.17. The summed E-state index contributed by atoms with van der Waals surface area (Å²) < 4.78 is 13.7. The minimum Gasteiger partial charge on any atom is -0.376 e. The van der Waals surface area contributed by atoms with Crippen LogP contribution in [0.25, 0.3) is 0 Å². The molecule has 1 aliphatic carbocycles. The molecule has 110 valence electrons. The molecule has 0 aromatic heterocycles. The van der Waals surface area contributed by atoms with Crippen LogP contribution < -0.4 is 5.32 Å². The van der Waals surface area contributed by atoms with Gasteiger partial charge in [0.15, 0.2) is 0 Å². The summed E-state index contributed by atoms with van der Waals surface area (Å²) in [7, 11) is 0. The monoisotopic (exact) mass is 344 g/mol. The molecule has 1 aromatic rings. The van der Waals surface area contributed by atoms with Crippen LogP contribution in [0.3, 0.4) is 0 Å². The zero-order valence-electron chi connectivity index (χ0n) is 11.5. The first-order chi connectivity index (χ1) is 9.38. The van der Waals surface area contributed by atoms with E-state index in [9.17, 15) is 14.5 Å². The van der Waals surface area contributed by atoms with E-state index in [0.29, 0.717) is 11.8 Å². The van der Waals surface area contributed by atoms with Crippen LogP contribution in [0.15, 0.2) is 16.6 Å². The van der Waals surface area contributed by atoms with Crippen molar-refractivity contribution in [1.29, 1.82) is 0 Å². The Kier molecular flexibility index (Phi) is 4.62. The largest absolute Gasteiger partial charge is 0.376 e. The lowest BCUT2D eigenvalue weighted by Crippen LogP contribution is -2.33. The van der Waals surface area contributed by atoms with Crippen molar-refractivity contribution >= 4 is 27.3 Å². The number of halogens is 2. The fraction of sp³-hybridized carbons (Fsp3) is 0.571. The zero-order valence-corrected chi connectivity index (χ0v) is 13.1. The highest BCUT2D eigenvalue weighted by Gasteiger charge is 2.27. The number of hydrogen-bond acceptors (Lipinski definition) is 3. The summed E-state index contributed by atoms with van der Waals surface area (Å²) in [5.41, 5.74) is 0.172. The van der Waals surface area contributed by atoms with Gasteiger partial charge in [0, 0.05) is 18.2 Å². The normalized spacial score (nSPS) is 26.3. The van der Waals surface area contributed by atoms with Gasteiger partial charge in [0.1, 0.15) is 11.5 Å². The van der Waals surface area contributed by atoms with Gasteiger partial charge in [0.05, 0.1) is 9.40 Å². The van der Waals surface area contributed by atoms with Crippen LogP contribution in [-0.4, -0.2) is 11.0 Å². The summed E-state index contributed by atoms with van der Waals surface area (Å²) >= 11 is 2.99. The topological polar surface area (TPSA) is 55.2 Å². The number of rotatable bonds is 3. The maximum absolute atomic E-state index is 13.6. The molecular formula is C14H18BrFN2O2. The van der Waals surface area contributed by atoms with E-state index in [2.05, 4.69) is 35.1 Å². The van der Waals surface area contributed by atoms with Gasteiger partial charge in [-0.15, -0.1) is 0 Å². The Balaban J connectivity index is 2.24. The van der Waals surface area contributed by atoms with Crippen molar-refractivity contribution in [2.45, 2.75) is 39.2 Å². The minimum atomic E-state index is -0.491. The van der Waals surface area contributed by atoms with E-state index < -0.39 is 10.7 Å². The molecule has 0 aliphatic heterocycles. The number of nitrogens with zero attached hydrogens (tertiary/aromatic N) is 1. The van der Waals surface area contributed by atoms with Crippen LogP contribution in [0.2, 0.25) is 0 Å². The van der Waals surface area contributed by atoms with Gasteiger partial charge >= 0.3 is 0 Å². The molecule has 4 nitrogen and oxygen atoms in total. The van der Waals surface area contributed by atoms with Crippen molar-refractivity contribution in [2.75, 3.05) is 5.32 Å². The number of benzene rings is 1. The Bertz CT molecular complexity index is 524. The molecule has 0 spiro atoms. The molecule has 6 heteroatoms. The first-order valence-corrected chi connectivity index (χ1v) is 7.57. The highest BCUT2D eigenvalue weighted by Crippen LogP contribution is 2.35. The van der Waals surface area contributed by atoms with Crippen LogP contribution in [0.5, 0.6) is 0 Å². The van der Waals surface area contributed by atoms with Gasteiger partial charge in [-0.3, -0.25) is 10.1 Å². The van der Waals surface area contributed by atoms with Crippen molar-refractivity contribution in [3.05, 3.63) is 32.5 Å². The Morgan fingerprint density at radius 3 is 2.70 bits per heavy atom. The average molecular weight is 345 g/mol. The summed E-state index contributed by atoms with van der Waals surface area (Å²) in [6, 6.07) is 2.58. The summed E-state index contributed by atoms with van der Waals surface area (Å²) in [5, 5.41) is 14.2. The van der Waals surface area contributed by atoms with E-state index in [4.69, 9.17) is 0 Å². The SMILES string of the molecule is CC1CCC(Nc2cc(F)c(Br)cc2[N+](=O)[O-])C(C)C1. The third kappa shape index (κ3) is 3.29. The lowest BCUT2D eigenvalue weighted by atomic mass is 9.80. The van der Waals surface area contributed by atoms with E-state index in [1.54, 1.807) is 0 Å². The smallest absolute Gasteiger partial charge is 0.293 e. The van der Waals surface area contributed by atoms with Gasteiger partial charge in [0.2, 0.25) is 0 Å². The Labute approximate surface area is 126 Å². The third-order valence-electron chi connectivity index (χ3n) is 4.01. The molecule has 0 amide bonds. The second-order valence-electron chi connectivity index (χ2n) is 5.69. The average Bonchev–Trinajstić information content (AvgIpc) is 2.36. The second kappa shape index (κ2) is 6.08. The van der Waals surface area contributed by atoms with Crippen LogP contribution in [0.4, 0.5) is 15.8 Å². The summed E-state index contributed by atoms with van der Waals surface area (Å²) in [5.74, 6) is 0.611. The summed E-state index contributed by atoms with van der Waals surface area (Å²) in [6.45, 7) is 4.35. The van der Waals surface area contributed by atoms with E-state index >= 15 is 0 Å². The van der Waals surface area contributed by atoms with Crippen molar-refractivity contribution in [3.63, 3.8) is 0 Å². The number of nitro groups is 1. The fourth-order valence-corrected chi connectivity index (χ4v) is 3.21. The van der Waals surface area contributed by atoms with Crippen LogP contribution in [0.1, 0.15) is 33.1 Å². The first-order valence-electron chi connectivity index (χ1n) is 6.78. The molecule has 1 fully saturated rings. The third-order valence-corrected chi connectivity index (χ3v) is 4.62. The number of nitro benzene ring substituents is 1. The van der Waals surface area contributed by atoms with Crippen molar-refractivity contribution < 1.29 is 9.31 Å². The zero-order chi connectivity index (χ0) is 14.9. The molecule has 1 N–H and O–H groups in total. The highest BCUT2D eigenvalue weighted by molar-refractivity contribution is 9.10. The fourth-order valence-electron chi connectivity index (χ4n) is 2.88. The molecule has 0 heterocycles. The van der Waals surface area contributed by atoms with E-state index in [-0.39, 0.29) is 21.9 Å². The highest BCUT2D eigenvalue weighted by atomic mass is 79.9. The predicted molar refractivity (Wildman–Crippen MR) is 80.3 cm³/mol. The van der Waals surface area contributed by atoms with Crippen LogP contribution >= 0.6 is 15.9 Å². The molecule has 1 aliphatic rings. The molecule has 0 bridgehead atoms. The van der Waals surface area contributed by atoms with E-state index in [1.807, 2.05) is 0 Å². The molecule has 0 radical (unpaired) electrons. The Morgan fingerprint density at radius 2 is 2.10 bits per heavy atom. The maximum atomic E-state index is 13.6. The molecular weight excluding hydrogens is 327 g/mol. The van der Waals surface area contributed by atoms with Crippen molar-refractivity contribution in [1.82, 2.24) is 0 Å². The van der Waals surface area contributed by atoms with Gasteiger partial charge in [-0.2, -0.15) is 0 Å². The molecule has 3 unspecified atom stereocenters. The van der Waals surface area contributed by atoms with Gasteiger partial charge in [0.25, 0.3) is 5.69 Å². The van der Waals surface area contributed by atoms with Gasteiger partial charge in [-0.05, 0) is 47.0 Å². The van der Waals surface area contributed by atoms with Crippen molar-refractivity contribution in [2.24, 2.45) is 11.8 Å². The predicted octanol–water partition coefficient (Wildman–Crippen LogP) is 4.73. The van der Waals surface area contributed by atoms with E-state index in [1.165, 1.54) is 12.1 Å². The Morgan fingerprint density at radius 1 is 1.40 bits per heavy atom. The number of anilines is 1. The number of nitrogens with one attached hydrogen (secondary N) is 1. The van der Waals surface area contributed by atoms with Gasteiger partial charge in [-0.25, -0.2) is 4.39 Å². The van der Waals surface area contributed by atoms with Gasteiger partial charge in [-0.1, -0.05) is 13.8 Å². The van der Waals surface area contributed by atoms with Crippen molar-refractivity contribution in [3.8, 4) is 0 Å². The van der Waals surface area contributed by atoms with E-state index in [0.717, 1.165) is 19.3 Å². The summed E-state index contributed by atoms with van der Waals surface area (Å²) in [6.07, 6.45) is 3.14. The molecule has 20 heavy (non-hydrogen) atoms. The lowest BCUT2D eigenvalue weighted by Gasteiger charge is -2.33. The quantitative estimate of drug-likeness (QED) is 0.636. The minimum absolute atomic E-state index is 0.0934. The second-order valence-corrected chi connectivity index (χ2v) is 6.54. The molecule has 3 atom stereocenters. The standard InChI is InChI=1S/C14H18BrFN2O2/c1-8-3-4-12(9(2)5-8)17-13-7-11(16)10(15)6-14(13)18(19)20/h6-9,12,17H,3-5H2,1-2H3. The molecule has 1 saturated carbocycles. The molecule has 1 aromatic carbocycles. The molecule has 0 saturated heterocycles. The molecule has 2 rings (SSSR count). The van der Waals surface area contributed by atoms with Gasteiger partial charge < -0.3 is 5.32 Å².